The Balaban J connectivity index is 1.60. The molecule has 0 amide bonds. The molecule has 4 aliphatic rings. The van der Waals surface area contributed by atoms with Gasteiger partial charge in [0.2, 0.25) is 0 Å². The van der Waals surface area contributed by atoms with Crippen molar-refractivity contribution in [2.75, 3.05) is 6.61 Å². The lowest BCUT2D eigenvalue weighted by molar-refractivity contribution is 0.00467. The molecule has 3 aliphatic carbocycles. The van der Waals surface area contributed by atoms with Crippen LogP contribution in [-0.4, -0.2) is 30.6 Å². The zero-order chi connectivity index (χ0) is 13.6. The minimum atomic E-state index is -0.763. The number of allylic oxidation sites excluding steroid dienone is 2. The van der Waals surface area contributed by atoms with Crippen molar-refractivity contribution >= 4 is 5.71 Å². The highest BCUT2D eigenvalue weighted by atomic mass is 19.1. The molecule has 0 aromatic carbocycles. The molecule has 20 heavy (non-hydrogen) atoms. The van der Waals surface area contributed by atoms with Gasteiger partial charge in [-0.3, -0.25) is 4.99 Å². The van der Waals surface area contributed by atoms with Gasteiger partial charge < -0.3 is 4.74 Å². The average molecular weight is 277 g/mol. The average Bonchev–Trinajstić information content (AvgIpc) is 3.22. The third kappa shape index (κ3) is 2.05. The van der Waals surface area contributed by atoms with Crippen LogP contribution in [0.1, 0.15) is 51.4 Å². The van der Waals surface area contributed by atoms with E-state index in [9.17, 15) is 4.39 Å². The van der Waals surface area contributed by atoms with Crippen molar-refractivity contribution in [2.45, 2.75) is 69.7 Å². The van der Waals surface area contributed by atoms with Gasteiger partial charge in [0.1, 0.15) is 6.17 Å². The third-order valence-electron chi connectivity index (χ3n) is 5.92. The van der Waals surface area contributed by atoms with Crippen molar-refractivity contribution in [3.63, 3.8) is 0 Å². The lowest BCUT2D eigenvalue weighted by Gasteiger charge is -2.34. The number of alkyl halides is 1. The van der Waals surface area contributed by atoms with E-state index < -0.39 is 6.17 Å². The molecule has 0 aromatic heterocycles. The Bertz CT molecular complexity index is 446. The van der Waals surface area contributed by atoms with Crippen LogP contribution in [-0.2, 0) is 4.74 Å². The van der Waals surface area contributed by atoms with Gasteiger partial charge >= 0.3 is 0 Å². The molecule has 110 valence electrons. The molecule has 5 unspecified atom stereocenters. The van der Waals surface area contributed by atoms with E-state index in [0.29, 0.717) is 24.0 Å². The Morgan fingerprint density at radius 3 is 2.95 bits per heavy atom. The summed E-state index contributed by atoms with van der Waals surface area (Å²) in [4.78, 5) is 5.07. The fourth-order valence-electron chi connectivity index (χ4n) is 4.73. The minimum Gasteiger partial charge on any atom is -0.378 e. The Hall–Kier alpha value is -0.700. The summed E-state index contributed by atoms with van der Waals surface area (Å²) in [5, 5.41) is 0. The Morgan fingerprint density at radius 2 is 2.10 bits per heavy atom. The van der Waals surface area contributed by atoms with Gasteiger partial charge in [-0.2, -0.15) is 0 Å². The maximum Gasteiger partial charge on any atom is 0.119 e. The predicted molar refractivity (Wildman–Crippen MR) is 77.9 cm³/mol. The standard InChI is InChI=1S/C17H24FNO/c18-13-5-7-14(8-6-13)19-15-4-2-1-3-12-9-10-20-16-11-17(12,15)16/h5,7,12-13,15-16H,1-4,6,8-11H2. The van der Waals surface area contributed by atoms with Crippen LogP contribution < -0.4 is 0 Å². The molecule has 0 bridgehead atoms. The lowest BCUT2D eigenvalue weighted by atomic mass is 9.78. The first-order valence-electron chi connectivity index (χ1n) is 8.29. The van der Waals surface area contributed by atoms with Crippen LogP contribution >= 0.6 is 0 Å². The summed E-state index contributed by atoms with van der Waals surface area (Å²) in [7, 11) is 0. The zero-order valence-electron chi connectivity index (χ0n) is 12.1. The van der Waals surface area contributed by atoms with Crippen LogP contribution in [0.3, 0.4) is 0 Å². The quantitative estimate of drug-likeness (QED) is 0.713. The normalized spacial score (nSPS) is 49.4. The summed E-state index contributed by atoms with van der Waals surface area (Å²) >= 11 is 0. The summed E-state index contributed by atoms with van der Waals surface area (Å²) in [5.41, 5.74) is 1.47. The van der Waals surface area contributed by atoms with Crippen molar-refractivity contribution < 1.29 is 9.13 Å². The first-order chi connectivity index (χ1) is 9.79. The fraction of sp³-hybridized carbons (Fsp3) is 0.824. The molecule has 3 fully saturated rings. The van der Waals surface area contributed by atoms with E-state index in [0.717, 1.165) is 24.7 Å². The van der Waals surface area contributed by atoms with Crippen molar-refractivity contribution in [2.24, 2.45) is 16.3 Å². The topological polar surface area (TPSA) is 21.6 Å². The highest BCUT2D eigenvalue weighted by molar-refractivity contribution is 5.96. The van der Waals surface area contributed by atoms with E-state index in [4.69, 9.17) is 9.73 Å². The van der Waals surface area contributed by atoms with E-state index in [1.807, 2.05) is 6.08 Å². The van der Waals surface area contributed by atoms with Gasteiger partial charge in [-0.25, -0.2) is 4.39 Å². The van der Waals surface area contributed by atoms with Gasteiger partial charge in [-0.05, 0) is 56.6 Å². The number of ether oxygens (including phenoxy) is 1. The van der Waals surface area contributed by atoms with Crippen LogP contribution in [0, 0.1) is 11.3 Å². The molecule has 1 spiro atoms. The zero-order valence-corrected chi connectivity index (χ0v) is 12.1. The third-order valence-corrected chi connectivity index (χ3v) is 5.92. The van der Waals surface area contributed by atoms with Gasteiger partial charge in [0.05, 0.1) is 12.1 Å². The number of aliphatic imine (C=N–C) groups is 1. The molecule has 0 N–H and O–H groups in total. The maximum absolute atomic E-state index is 13.2. The summed E-state index contributed by atoms with van der Waals surface area (Å²) in [6, 6.07) is 0.427. The molecule has 2 saturated carbocycles. The SMILES string of the molecule is FC1C=CC(=NC2CCCCC3CCOC4CC324)CC1. The van der Waals surface area contributed by atoms with E-state index >= 15 is 0 Å². The first kappa shape index (κ1) is 13.0. The second-order valence-electron chi connectivity index (χ2n) is 7.00. The van der Waals surface area contributed by atoms with Gasteiger partial charge in [-0.1, -0.05) is 12.8 Å². The number of halogens is 1. The highest BCUT2D eigenvalue weighted by Crippen LogP contribution is 2.64. The second-order valence-corrected chi connectivity index (χ2v) is 7.00. The van der Waals surface area contributed by atoms with Crippen molar-refractivity contribution in [3.8, 4) is 0 Å². The highest BCUT2D eigenvalue weighted by Gasteiger charge is 2.65. The molecule has 3 heteroatoms. The van der Waals surface area contributed by atoms with Gasteiger partial charge in [0.25, 0.3) is 0 Å². The number of hydrogen-bond acceptors (Lipinski definition) is 2. The van der Waals surface area contributed by atoms with Crippen LogP contribution in [0.25, 0.3) is 0 Å². The molecule has 0 aromatic rings. The molecule has 1 saturated heterocycles. The van der Waals surface area contributed by atoms with E-state index in [1.165, 1.54) is 38.5 Å². The summed E-state index contributed by atoms with van der Waals surface area (Å²) in [6.07, 6.45) is 12.4. The maximum atomic E-state index is 13.2. The number of nitrogens with zero attached hydrogens (tertiary/aromatic N) is 1. The Labute approximate surface area is 120 Å². The molecule has 2 nitrogen and oxygen atoms in total. The monoisotopic (exact) mass is 277 g/mol. The summed E-state index contributed by atoms with van der Waals surface area (Å²) < 4.78 is 19.1. The van der Waals surface area contributed by atoms with Crippen molar-refractivity contribution in [1.82, 2.24) is 0 Å². The molecule has 4 rings (SSSR count). The van der Waals surface area contributed by atoms with Crippen LogP contribution in [0.4, 0.5) is 4.39 Å². The lowest BCUT2D eigenvalue weighted by Crippen LogP contribution is -2.36. The van der Waals surface area contributed by atoms with Crippen LogP contribution in [0.15, 0.2) is 17.1 Å². The fourth-order valence-corrected chi connectivity index (χ4v) is 4.73. The van der Waals surface area contributed by atoms with Gasteiger partial charge in [0.15, 0.2) is 0 Å². The molecule has 1 heterocycles. The van der Waals surface area contributed by atoms with Gasteiger partial charge in [0, 0.05) is 17.7 Å². The van der Waals surface area contributed by atoms with E-state index in [2.05, 4.69) is 0 Å². The van der Waals surface area contributed by atoms with E-state index in [1.54, 1.807) is 6.08 Å². The Kier molecular flexibility index (Phi) is 3.21. The summed E-state index contributed by atoms with van der Waals surface area (Å²) in [5.74, 6) is 0.819. The first-order valence-corrected chi connectivity index (χ1v) is 8.29. The summed E-state index contributed by atoms with van der Waals surface area (Å²) in [6.45, 7) is 0.948. The Morgan fingerprint density at radius 1 is 1.20 bits per heavy atom. The number of hydrogen-bond donors (Lipinski definition) is 0. The molecular formula is C17H24FNO. The predicted octanol–water partition coefficient (Wildman–Crippen LogP) is 3.85. The smallest absolute Gasteiger partial charge is 0.119 e. The van der Waals surface area contributed by atoms with Crippen molar-refractivity contribution in [3.05, 3.63) is 12.2 Å². The van der Waals surface area contributed by atoms with Crippen LogP contribution in [0.2, 0.25) is 0 Å². The molecule has 1 aliphatic heterocycles. The number of rotatable bonds is 1. The van der Waals surface area contributed by atoms with E-state index in [-0.39, 0.29) is 0 Å². The molecule has 0 radical (unpaired) electrons. The molecule has 5 atom stereocenters. The van der Waals surface area contributed by atoms with Gasteiger partial charge in [-0.15, -0.1) is 0 Å². The molecular weight excluding hydrogens is 253 g/mol. The largest absolute Gasteiger partial charge is 0.378 e. The van der Waals surface area contributed by atoms with Crippen LogP contribution in [0.5, 0.6) is 0 Å². The second kappa shape index (κ2) is 4.94. The van der Waals surface area contributed by atoms with Crippen molar-refractivity contribution in [1.29, 1.82) is 0 Å². The minimum absolute atomic E-state index is 0.349.